The van der Waals surface area contributed by atoms with Crippen molar-refractivity contribution in [2.24, 2.45) is 0 Å². The summed E-state index contributed by atoms with van der Waals surface area (Å²) in [5, 5.41) is 40.0. The Labute approximate surface area is 366 Å². The standard InChI is InChI=1S/C42H51F3N10O8Si/c1-23(2)26-17-27(31(57)18-30(26)56)36-50-51-40(61)55(36)25-9-8-24(28(43)16-25)21-52-12-14-53(15-13-52)34-20-46-29(19-47-34)37(59)48-33-10-11-54(39(60)49-33)38-42(44,45)35(58)32(63-38)22-62-64(6,7)41(3,4)5/h8-11,16-20,23,32,35,38,56-58H,12-15,21-22H2,1-7H3,(H,51,61)(H,48,49,59,60)/t32-,35-,38-/m1/s1. The number of aromatic amines is 1. The number of aliphatic hydroxyl groups excluding tert-OH is 1. The number of aliphatic hydroxyl groups is 1. The van der Waals surface area contributed by atoms with Crippen molar-refractivity contribution >= 4 is 25.9 Å². The van der Waals surface area contributed by atoms with Crippen molar-refractivity contribution in [3.05, 3.63) is 98.6 Å². The number of rotatable bonds is 12. The number of phenols is 2. The van der Waals surface area contributed by atoms with Gasteiger partial charge in [0.15, 0.2) is 20.2 Å². The zero-order chi connectivity index (χ0) is 46.5. The minimum Gasteiger partial charge on any atom is -0.508 e. The molecule has 2 aromatic carbocycles. The molecule has 0 spiro atoms. The number of alkyl halides is 2. The van der Waals surface area contributed by atoms with Gasteiger partial charge in [0.25, 0.3) is 5.91 Å². The van der Waals surface area contributed by atoms with Crippen molar-refractivity contribution in [2.75, 3.05) is 43.0 Å². The van der Waals surface area contributed by atoms with E-state index >= 15 is 13.2 Å². The zero-order valence-electron chi connectivity index (χ0n) is 36.3. The maximum atomic E-state index is 15.6. The lowest BCUT2D eigenvalue weighted by atomic mass is 9.98. The molecule has 342 valence electrons. The van der Waals surface area contributed by atoms with Crippen molar-refractivity contribution in [3.8, 4) is 28.6 Å². The Morgan fingerprint density at radius 3 is 2.39 bits per heavy atom. The maximum Gasteiger partial charge on any atom is 0.351 e. The van der Waals surface area contributed by atoms with Crippen LogP contribution >= 0.6 is 0 Å². The first-order chi connectivity index (χ1) is 30.0. The van der Waals surface area contributed by atoms with Crippen LogP contribution in [0.5, 0.6) is 11.5 Å². The average Bonchev–Trinajstić information content (AvgIpc) is 3.72. The molecule has 0 bridgehead atoms. The first-order valence-electron chi connectivity index (χ1n) is 20.6. The second kappa shape index (κ2) is 17.6. The van der Waals surface area contributed by atoms with E-state index in [2.05, 4.69) is 30.5 Å². The van der Waals surface area contributed by atoms with Crippen LogP contribution in [0.15, 0.2) is 64.6 Å². The number of aromatic nitrogens is 7. The quantitative estimate of drug-likeness (QED) is 0.107. The summed E-state index contributed by atoms with van der Waals surface area (Å²) in [5.41, 5.74) is -0.567. The van der Waals surface area contributed by atoms with Crippen molar-refractivity contribution in [2.45, 2.75) is 89.6 Å². The fourth-order valence-corrected chi connectivity index (χ4v) is 8.20. The first kappa shape index (κ1) is 46.1. The molecule has 3 atom stereocenters. The van der Waals surface area contributed by atoms with Crippen molar-refractivity contribution in [1.29, 1.82) is 0 Å². The lowest BCUT2D eigenvalue weighted by Gasteiger charge is -2.37. The summed E-state index contributed by atoms with van der Waals surface area (Å²) in [6.07, 6.45) is -2.12. The molecule has 2 aliphatic rings. The van der Waals surface area contributed by atoms with E-state index in [0.717, 1.165) is 16.8 Å². The number of hydrogen-bond donors (Lipinski definition) is 5. The van der Waals surface area contributed by atoms with Crippen molar-refractivity contribution in [3.63, 3.8) is 0 Å². The number of carbonyl (C=O) groups excluding carboxylic acids is 1. The molecular weight excluding hydrogens is 858 g/mol. The third-order valence-corrected chi connectivity index (χ3v) is 16.6. The summed E-state index contributed by atoms with van der Waals surface area (Å²) in [6, 6.07) is 8.28. The van der Waals surface area contributed by atoms with E-state index in [0.29, 0.717) is 47.7 Å². The summed E-state index contributed by atoms with van der Waals surface area (Å²) in [5.74, 6) is -5.32. The molecule has 7 rings (SSSR count). The Balaban J connectivity index is 0.934. The second-order valence-electron chi connectivity index (χ2n) is 17.7. The number of benzene rings is 2. The monoisotopic (exact) mass is 908 g/mol. The van der Waals surface area contributed by atoms with Gasteiger partial charge in [0, 0.05) is 50.6 Å². The molecule has 5 aromatic rings. The number of piperazine rings is 1. The number of carbonyl (C=O) groups is 1. The maximum absolute atomic E-state index is 15.6. The number of H-pyrrole nitrogens is 1. The fourth-order valence-electron chi connectivity index (χ4n) is 7.19. The normalized spacial score (nSPS) is 19.4. The highest BCUT2D eigenvalue weighted by atomic mass is 28.4. The highest BCUT2D eigenvalue weighted by Gasteiger charge is 2.60. The summed E-state index contributed by atoms with van der Waals surface area (Å²) in [6.45, 7) is 15.6. The van der Waals surface area contributed by atoms with Gasteiger partial charge in [-0.05, 0) is 53.9 Å². The van der Waals surface area contributed by atoms with E-state index in [1.165, 1.54) is 24.5 Å². The van der Waals surface area contributed by atoms with Crippen LogP contribution in [0.1, 0.15) is 68.4 Å². The van der Waals surface area contributed by atoms with E-state index in [9.17, 15) is 29.7 Å². The number of nitrogens with zero attached hydrogens (tertiary/aromatic N) is 8. The van der Waals surface area contributed by atoms with Crippen LogP contribution in [0.2, 0.25) is 18.1 Å². The van der Waals surface area contributed by atoms with Crippen molar-refractivity contribution < 1.29 is 42.4 Å². The van der Waals surface area contributed by atoms with Crippen LogP contribution in [-0.2, 0) is 15.7 Å². The molecule has 22 heteroatoms. The van der Waals surface area contributed by atoms with Gasteiger partial charge in [-0.15, -0.1) is 0 Å². The predicted molar refractivity (Wildman–Crippen MR) is 231 cm³/mol. The van der Waals surface area contributed by atoms with Gasteiger partial charge in [-0.25, -0.2) is 33.6 Å². The van der Waals surface area contributed by atoms with Crippen LogP contribution in [0.3, 0.4) is 0 Å². The largest absolute Gasteiger partial charge is 0.508 e. The van der Waals surface area contributed by atoms with E-state index < -0.39 is 55.8 Å². The highest BCUT2D eigenvalue weighted by molar-refractivity contribution is 6.74. The third kappa shape index (κ3) is 9.18. The van der Waals surface area contributed by atoms with E-state index in [4.69, 9.17) is 9.16 Å². The SMILES string of the molecule is CC(C)c1cc(-c2n[nH]c(=O)n2-c2ccc(CN3CCN(c4cnc(C(=O)Nc5ccn([C@@H]6O[C@H](CO[Si](C)(C)C(C)(C)C)[C@@H](O)C6(F)F)c(=O)n5)cn4)CC3)c(F)c2)c(O)cc1O. The number of aromatic hydroxyl groups is 2. The number of nitrogens with one attached hydrogen (secondary N) is 2. The molecule has 18 nitrogen and oxygen atoms in total. The van der Waals surface area contributed by atoms with E-state index in [1.807, 2.05) is 57.5 Å². The minimum absolute atomic E-state index is 0.0514. The topological polar surface area (TPSA) is 226 Å². The molecule has 64 heavy (non-hydrogen) atoms. The third-order valence-electron chi connectivity index (χ3n) is 12.1. The minimum atomic E-state index is -3.84. The molecule has 2 aliphatic heterocycles. The molecule has 0 radical (unpaired) electrons. The van der Waals surface area contributed by atoms with Gasteiger partial charge >= 0.3 is 17.3 Å². The molecule has 0 aliphatic carbocycles. The number of amides is 1. The van der Waals surface area contributed by atoms with Gasteiger partial charge in [0.1, 0.15) is 40.7 Å². The van der Waals surface area contributed by atoms with Gasteiger partial charge in [0.05, 0.1) is 30.3 Å². The molecule has 5 N–H and O–H groups in total. The molecule has 1 amide bonds. The fraction of sp³-hybridized carbons (Fsp3) is 0.452. The smallest absolute Gasteiger partial charge is 0.351 e. The molecule has 2 saturated heterocycles. The van der Waals surface area contributed by atoms with Crippen molar-refractivity contribution in [1.82, 2.24) is 39.2 Å². The lowest BCUT2D eigenvalue weighted by Crippen LogP contribution is -2.46. The second-order valence-corrected chi connectivity index (χ2v) is 22.6. The number of anilines is 2. The lowest BCUT2D eigenvalue weighted by molar-refractivity contribution is -0.140. The van der Waals surface area contributed by atoms with Gasteiger partial charge < -0.3 is 34.7 Å². The Kier molecular flexibility index (Phi) is 12.6. The zero-order valence-corrected chi connectivity index (χ0v) is 37.3. The molecule has 3 aromatic heterocycles. The number of phenolic OH excluding ortho intramolecular Hbond substituents is 2. The van der Waals surface area contributed by atoms with Gasteiger partial charge in [-0.3, -0.25) is 14.3 Å². The number of halogens is 3. The Hall–Kier alpha value is -5.94. The number of ether oxygens (including phenoxy) is 1. The van der Waals surface area contributed by atoms with Gasteiger partial charge in [-0.2, -0.15) is 18.9 Å². The van der Waals surface area contributed by atoms with E-state index in [-0.39, 0.29) is 64.2 Å². The molecule has 0 saturated carbocycles. The van der Waals surface area contributed by atoms with Crippen LogP contribution < -0.4 is 21.6 Å². The Morgan fingerprint density at radius 2 is 1.77 bits per heavy atom. The molecule has 5 heterocycles. The summed E-state index contributed by atoms with van der Waals surface area (Å²) in [4.78, 5) is 55.1. The predicted octanol–water partition coefficient (Wildman–Crippen LogP) is 4.74. The van der Waals surface area contributed by atoms with Gasteiger partial charge in [-0.1, -0.05) is 40.7 Å². The first-order valence-corrected chi connectivity index (χ1v) is 23.5. The van der Waals surface area contributed by atoms with Gasteiger partial charge in [0.2, 0.25) is 6.23 Å². The Morgan fingerprint density at radius 1 is 1.05 bits per heavy atom. The van der Waals surface area contributed by atoms with Crippen LogP contribution in [0.25, 0.3) is 17.1 Å². The molecular formula is C42H51F3N10O8Si. The van der Waals surface area contributed by atoms with Crippen LogP contribution in [-0.4, -0.2) is 120 Å². The number of hydrogen-bond acceptors (Lipinski definition) is 14. The van der Waals surface area contributed by atoms with E-state index in [1.54, 1.807) is 18.2 Å². The summed E-state index contributed by atoms with van der Waals surface area (Å²) >= 11 is 0. The van der Waals surface area contributed by atoms with Crippen LogP contribution in [0.4, 0.5) is 24.8 Å². The Bertz CT molecular complexity index is 2640. The summed E-state index contributed by atoms with van der Waals surface area (Å²) < 4.78 is 59.2. The molecule has 0 unspecified atom stereocenters. The summed E-state index contributed by atoms with van der Waals surface area (Å²) in [7, 11) is -2.36. The highest BCUT2D eigenvalue weighted by Crippen LogP contribution is 2.44. The van der Waals surface area contributed by atoms with Crippen LogP contribution in [0, 0.1) is 5.82 Å². The molecule has 2 fully saturated rings. The average molecular weight is 909 g/mol.